The first-order chi connectivity index (χ1) is 9.84. The van der Waals surface area contributed by atoms with Gasteiger partial charge in [-0.3, -0.25) is 9.48 Å². The summed E-state index contributed by atoms with van der Waals surface area (Å²) >= 11 is 1.61. The van der Waals surface area contributed by atoms with Gasteiger partial charge in [-0.25, -0.2) is 0 Å². The molecule has 0 radical (unpaired) electrons. The van der Waals surface area contributed by atoms with Crippen molar-refractivity contribution < 1.29 is 9.32 Å². The molecule has 3 rings (SSSR count). The predicted molar refractivity (Wildman–Crippen MR) is 73.5 cm³/mol. The first-order valence-corrected chi connectivity index (χ1v) is 6.99. The lowest BCUT2D eigenvalue weighted by Gasteiger charge is -2.16. The van der Waals surface area contributed by atoms with Gasteiger partial charge in [0.25, 0.3) is 5.91 Å². The van der Waals surface area contributed by atoms with Gasteiger partial charge < -0.3 is 9.84 Å². The van der Waals surface area contributed by atoms with Crippen LogP contribution in [-0.2, 0) is 0 Å². The topological polar surface area (TPSA) is 73.0 Å². The van der Waals surface area contributed by atoms with Gasteiger partial charge in [0.05, 0.1) is 12.2 Å². The van der Waals surface area contributed by atoms with E-state index in [-0.39, 0.29) is 17.7 Å². The summed E-state index contributed by atoms with van der Waals surface area (Å²) in [4.78, 5) is 11.9. The number of thiophene rings is 1. The van der Waals surface area contributed by atoms with Crippen LogP contribution in [0.5, 0.6) is 0 Å². The van der Waals surface area contributed by atoms with Crippen molar-refractivity contribution >= 4 is 17.2 Å². The molecule has 0 saturated carbocycles. The third-order valence-electron chi connectivity index (χ3n) is 2.89. The summed E-state index contributed by atoms with van der Waals surface area (Å²) in [5.41, 5.74) is 1.11. The van der Waals surface area contributed by atoms with Crippen molar-refractivity contribution in [2.24, 2.45) is 0 Å². The molecule has 6 nitrogen and oxygen atoms in total. The molecule has 1 amide bonds. The Bertz CT molecular complexity index is 612. The van der Waals surface area contributed by atoms with Crippen LogP contribution in [0.4, 0.5) is 0 Å². The number of amides is 1. The Hall–Kier alpha value is -2.41. The highest BCUT2D eigenvalue weighted by molar-refractivity contribution is 7.07. The molecule has 3 aromatic rings. The highest BCUT2D eigenvalue weighted by Gasteiger charge is 2.17. The summed E-state index contributed by atoms with van der Waals surface area (Å²) in [6, 6.07) is 5.38. The molecule has 20 heavy (non-hydrogen) atoms. The fraction of sp³-hybridized carbons (Fsp3) is 0.154. The Morgan fingerprint density at radius 3 is 3.05 bits per heavy atom. The maximum absolute atomic E-state index is 11.9. The van der Waals surface area contributed by atoms with Crippen molar-refractivity contribution in [3.63, 3.8) is 0 Å². The number of aromatic nitrogens is 3. The maximum Gasteiger partial charge on any atom is 0.289 e. The third kappa shape index (κ3) is 2.62. The van der Waals surface area contributed by atoms with E-state index in [0.29, 0.717) is 6.54 Å². The Morgan fingerprint density at radius 2 is 2.40 bits per heavy atom. The van der Waals surface area contributed by atoms with E-state index >= 15 is 0 Å². The fourth-order valence-electron chi connectivity index (χ4n) is 1.90. The number of carbonyl (C=O) groups is 1. The Labute approximate surface area is 119 Å². The standard InChI is InChI=1S/C13H12N4O2S/c18-13(12-2-5-16-19-12)14-8-11(10-3-7-20-9-10)17-6-1-4-15-17/h1-7,9,11H,8H2,(H,14,18)/t11-/m1/s1. The lowest BCUT2D eigenvalue weighted by molar-refractivity contribution is 0.0912. The van der Waals surface area contributed by atoms with Crippen LogP contribution in [0.15, 0.2) is 52.1 Å². The highest BCUT2D eigenvalue weighted by Crippen LogP contribution is 2.19. The molecule has 0 aliphatic carbocycles. The Morgan fingerprint density at radius 1 is 1.45 bits per heavy atom. The number of nitrogens with zero attached hydrogens (tertiary/aromatic N) is 3. The molecule has 0 aliphatic heterocycles. The first kappa shape index (κ1) is 12.6. The van der Waals surface area contributed by atoms with Crippen molar-refractivity contribution in [1.29, 1.82) is 0 Å². The van der Waals surface area contributed by atoms with Gasteiger partial charge in [-0.2, -0.15) is 16.4 Å². The second-order valence-corrected chi connectivity index (χ2v) is 4.93. The van der Waals surface area contributed by atoms with Crippen molar-refractivity contribution in [2.75, 3.05) is 6.54 Å². The second kappa shape index (κ2) is 5.70. The molecule has 1 N–H and O–H groups in total. The largest absolute Gasteiger partial charge is 0.351 e. The maximum atomic E-state index is 11.9. The number of hydrogen-bond donors (Lipinski definition) is 1. The van der Waals surface area contributed by atoms with Gasteiger partial charge in [0, 0.05) is 25.0 Å². The summed E-state index contributed by atoms with van der Waals surface area (Å²) in [7, 11) is 0. The molecule has 0 unspecified atom stereocenters. The molecule has 0 bridgehead atoms. The van der Waals surface area contributed by atoms with Gasteiger partial charge in [-0.1, -0.05) is 5.16 Å². The van der Waals surface area contributed by atoms with Crippen LogP contribution in [-0.4, -0.2) is 27.4 Å². The second-order valence-electron chi connectivity index (χ2n) is 4.15. The van der Waals surface area contributed by atoms with Crippen molar-refractivity contribution in [3.8, 4) is 0 Å². The van der Waals surface area contributed by atoms with Crippen LogP contribution in [0.25, 0.3) is 0 Å². The zero-order valence-electron chi connectivity index (χ0n) is 10.5. The van der Waals surface area contributed by atoms with E-state index in [1.807, 2.05) is 33.8 Å². The van der Waals surface area contributed by atoms with Gasteiger partial charge in [0.2, 0.25) is 5.76 Å². The molecular weight excluding hydrogens is 276 g/mol. The Kier molecular flexibility index (Phi) is 3.60. The van der Waals surface area contributed by atoms with Crippen LogP contribution in [0.3, 0.4) is 0 Å². The van der Waals surface area contributed by atoms with E-state index in [2.05, 4.69) is 15.6 Å². The molecule has 3 heterocycles. The molecule has 7 heteroatoms. The molecule has 3 aromatic heterocycles. The molecule has 0 saturated heterocycles. The van der Waals surface area contributed by atoms with Gasteiger partial charge in [-0.05, 0) is 28.5 Å². The minimum Gasteiger partial charge on any atom is -0.351 e. The number of carbonyl (C=O) groups excluding carboxylic acids is 1. The SMILES string of the molecule is O=C(NC[C@H](c1ccsc1)n1cccn1)c1ccno1. The molecule has 1 atom stereocenters. The number of rotatable bonds is 5. The first-order valence-electron chi connectivity index (χ1n) is 6.04. The summed E-state index contributed by atoms with van der Waals surface area (Å²) in [5.74, 6) is -0.0792. The quantitative estimate of drug-likeness (QED) is 0.779. The molecule has 102 valence electrons. The molecule has 0 aliphatic rings. The molecule has 0 spiro atoms. The zero-order chi connectivity index (χ0) is 13.8. The van der Waals surface area contributed by atoms with Crippen LogP contribution in [0.2, 0.25) is 0 Å². The zero-order valence-corrected chi connectivity index (χ0v) is 11.3. The van der Waals surface area contributed by atoms with E-state index in [9.17, 15) is 4.79 Å². The van der Waals surface area contributed by atoms with E-state index in [1.165, 1.54) is 12.3 Å². The predicted octanol–water partition coefficient (Wildman–Crippen LogP) is 1.95. The smallest absolute Gasteiger partial charge is 0.289 e. The van der Waals surface area contributed by atoms with Crippen molar-refractivity contribution in [1.82, 2.24) is 20.3 Å². The van der Waals surface area contributed by atoms with Gasteiger partial charge in [0.15, 0.2) is 0 Å². The Balaban J connectivity index is 1.73. The van der Waals surface area contributed by atoms with Gasteiger partial charge >= 0.3 is 0 Å². The third-order valence-corrected chi connectivity index (χ3v) is 3.59. The fourth-order valence-corrected chi connectivity index (χ4v) is 2.61. The van der Waals surface area contributed by atoms with Crippen LogP contribution < -0.4 is 5.32 Å². The summed E-state index contributed by atoms with van der Waals surface area (Å²) in [5, 5.41) is 14.7. The average molecular weight is 288 g/mol. The van der Waals surface area contributed by atoms with E-state index in [1.54, 1.807) is 17.5 Å². The number of nitrogens with one attached hydrogen (secondary N) is 1. The monoisotopic (exact) mass is 288 g/mol. The lowest BCUT2D eigenvalue weighted by atomic mass is 10.1. The molecule has 0 aromatic carbocycles. The summed E-state index contributed by atoms with van der Waals surface area (Å²) < 4.78 is 6.65. The average Bonchev–Trinajstić information content (AvgIpc) is 3.22. The lowest BCUT2D eigenvalue weighted by Crippen LogP contribution is -2.31. The minimum absolute atomic E-state index is 0.0388. The van der Waals surface area contributed by atoms with E-state index < -0.39 is 0 Å². The highest BCUT2D eigenvalue weighted by atomic mass is 32.1. The van der Waals surface area contributed by atoms with Crippen molar-refractivity contribution in [3.05, 3.63) is 58.9 Å². The van der Waals surface area contributed by atoms with Crippen LogP contribution >= 0.6 is 11.3 Å². The summed E-state index contributed by atoms with van der Waals surface area (Å²) in [6.07, 6.45) is 5.04. The normalized spacial score (nSPS) is 12.2. The van der Waals surface area contributed by atoms with Gasteiger partial charge in [-0.15, -0.1) is 0 Å². The molecular formula is C13H12N4O2S. The number of hydrogen-bond acceptors (Lipinski definition) is 5. The summed E-state index contributed by atoms with van der Waals surface area (Å²) in [6.45, 7) is 0.429. The van der Waals surface area contributed by atoms with Crippen molar-refractivity contribution in [2.45, 2.75) is 6.04 Å². The van der Waals surface area contributed by atoms with Gasteiger partial charge in [0.1, 0.15) is 0 Å². The van der Waals surface area contributed by atoms with Crippen LogP contribution in [0, 0.1) is 0 Å². The minimum atomic E-state index is -0.283. The molecule has 0 fully saturated rings. The van der Waals surface area contributed by atoms with E-state index in [0.717, 1.165) is 5.56 Å². The van der Waals surface area contributed by atoms with Crippen LogP contribution in [0.1, 0.15) is 22.2 Å². The van der Waals surface area contributed by atoms with E-state index in [4.69, 9.17) is 4.52 Å².